The van der Waals surface area contributed by atoms with Gasteiger partial charge in [-0.3, -0.25) is 0 Å². The number of alkyl carbamates (subject to hydrolysis) is 1. The van der Waals surface area contributed by atoms with Gasteiger partial charge in [0.05, 0.1) is 0 Å². The Balaban J connectivity index is 1.71. The number of nitrogens with one attached hydrogen (secondary N) is 2. The molecule has 0 aromatic carbocycles. The van der Waals surface area contributed by atoms with Crippen molar-refractivity contribution in [1.29, 1.82) is 0 Å². The Morgan fingerprint density at radius 3 is 2.48 bits per heavy atom. The van der Waals surface area contributed by atoms with E-state index in [0.29, 0.717) is 12.1 Å². The van der Waals surface area contributed by atoms with Crippen molar-refractivity contribution < 1.29 is 9.53 Å². The quantitative estimate of drug-likeness (QED) is 0.816. The number of carbonyl (C=O) groups is 1. The highest BCUT2D eigenvalue weighted by molar-refractivity contribution is 5.68. The third kappa shape index (κ3) is 7.08. The summed E-state index contributed by atoms with van der Waals surface area (Å²) in [5.41, 5.74) is -0.430. The van der Waals surface area contributed by atoms with Crippen LogP contribution in [0.5, 0.6) is 0 Å². The molecule has 23 heavy (non-hydrogen) atoms. The lowest BCUT2D eigenvalue weighted by Gasteiger charge is -2.33. The normalized spacial score (nSPS) is 27.7. The van der Waals surface area contributed by atoms with Gasteiger partial charge >= 0.3 is 6.09 Å². The summed E-state index contributed by atoms with van der Waals surface area (Å²) in [5, 5.41) is 6.80. The number of amides is 1. The molecule has 1 amide bonds. The van der Waals surface area contributed by atoms with E-state index in [4.69, 9.17) is 4.74 Å². The van der Waals surface area contributed by atoms with Crippen LogP contribution in [-0.2, 0) is 4.74 Å². The minimum absolute atomic E-state index is 0.232. The fraction of sp³-hybridized carbons (Fsp3) is 0.944. The molecule has 5 nitrogen and oxygen atoms in total. The van der Waals surface area contributed by atoms with Crippen LogP contribution in [0.4, 0.5) is 4.79 Å². The molecule has 1 saturated heterocycles. The minimum Gasteiger partial charge on any atom is -0.444 e. The van der Waals surface area contributed by atoms with E-state index in [-0.39, 0.29) is 12.1 Å². The van der Waals surface area contributed by atoms with E-state index in [1.807, 2.05) is 20.8 Å². The lowest BCUT2D eigenvalue weighted by Crippen LogP contribution is -2.49. The number of carbonyl (C=O) groups excluding carboxylic acids is 1. The van der Waals surface area contributed by atoms with Gasteiger partial charge in [0.25, 0.3) is 0 Å². The molecule has 0 radical (unpaired) electrons. The second kappa shape index (κ2) is 8.34. The Kier molecular flexibility index (Phi) is 6.72. The molecule has 0 aromatic rings. The second-order valence-corrected chi connectivity index (χ2v) is 8.28. The van der Waals surface area contributed by atoms with Crippen molar-refractivity contribution in [2.75, 3.05) is 19.6 Å². The van der Waals surface area contributed by atoms with Crippen LogP contribution in [0.25, 0.3) is 0 Å². The lowest BCUT2D eigenvalue weighted by atomic mass is 9.90. The first-order valence-electron chi connectivity index (χ1n) is 9.30. The Morgan fingerprint density at radius 1 is 1.17 bits per heavy atom. The maximum Gasteiger partial charge on any atom is 0.407 e. The van der Waals surface area contributed by atoms with E-state index < -0.39 is 5.60 Å². The van der Waals surface area contributed by atoms with Crippen molar-refractivity contribution in [3.8, 4) is 0 Å². The number of rotatable bonds is 5. The highest BCUT2D eigenvalue weighted by Gasteiger charge is 2.26. The fourth-order valence-corrected chi connectivity index (χ4v) is 3.75. The maximum absolute atomic E-state index is 11.9. The molecule has 2 fully saturated rings. The van der Waals surface area contributed by atoms with Gasteiger partial charge in [0, 0.05) is 24.7 Å². The van der Waals surface area contributed by atoms with E-state index in [1.54, 1.807) is 0 Å². The number of ether oxygens (including phenoxy) is 1. The predicted molar refractivity (Wildman–Crippen MR) is 93.7 cm³/mol. The molecule has 0 spiro atoms. The Bertz CT molecular complexity index is 375. The molecule has 1 aliphatic heterocycles. The van der Waals surface area contributed by atoms with Crippen molar-refractivity contribution >= 4 is 6.09 Å². The SMILES string of the molecule is CC(CN1CCCC1)NC1CCCC(NC(=O)OC(C)(C)C)C1. The minimum atomic E-state index is -0.430. The van der Waals surface area contributed by atoms with Gasteiger partial charge in [0.15, 0.2) is 0 Å². The fourth-order valence-electron chi connectivity index (χ4n) is 3.75. The molecule has 0 bridgehead atoms. The second-order valence-electron chi connectivity index (χ2n) is 8.28. The van der Waals surface area contributed by atoms with Crippen molar-refractivity contribution in [2.45, 2.75) is 89.9 Å². The largest absolute Gasteiger partial charge is 0.444 e. The molecule has 134 valence electrons. The van der Waals surface area contributed by atoms with E-state index in [2.05, 4.69) is 22.5 Å². The van der Waals surface area contributed by atoms with Crippen LogP contribution < -0.4 is 10.6 Å². The van der Waals surface area contributed by atoms with Gasteiger partial charge in [-0.15, -0.1) is 0 Å². The molecular formula is C18H35N3O2. The van der Waals surface area contributed by atoms with Crippen LogP contribution in [0.1, 0.15) is 66.2 Å². The van der Waals surface area contributed by atoms with Crippen LogP contribution in [0.3, 0.4) is 0 Å². The molecule has 3 unspecified atom stereocenters. The van der Waals surface area contributed by atoms with Gasteiger partial charge < -0.3 is 20.3 Å². The summed E-state index contributed by atoms with van der Waals surface area (Å²) in [6.07, 6.45) is 6.83. The van der Waals surface area contributed by atoms with E-state index >= 15 is 0 Å². The summed E-state index contributed by atoms with van der Waals surface area (Å²) < 4.78 is 5.37. The van der Waals surface area contributed by atoms with Crippen LogP contribution >= 0.6 is 0 Å². The molecule has 1 heterocycles. The summed E-state index contributed by atoms with van der Waals surface area (Å²) in [7, 11) is 0. The Morgan fingerprint density at radius 2 is 1.83 bits per heavy atom. The Labute approximate surface area is 141 Å². The number of hydrogen-bond donors (Lipinski definition) is 2. The van der Waals surface area contributed by atoms with Gasteiger partial charge in [-0.1, -0.05) is 0 Å². The van der Waals surface area contributed by atoms with Crippen molar-refractivity contribution in [3.05, 3.63) is 0 Å². The molecule has 5 heteroatoms. The van der Waals surface area contributed by atoms with Gasteiger partial charge in [-0.05, 0) is 79.3 Å². The highest BCUT2D eigenvalue weighted by Crippen LogP contribution is 2.20. The topological polar surface area (TPSA) is 53.6 Å². The van der Waals surface area contributed by atoms with Gasteiger partial charge in [0.2, 0.25) is 0 Å². The first-order valence-corrected chi connectivity index (χ1v) is 9.30. The first-order chi connectivity index (χ1) is 10.8. The summed E-state index contributed by atoms with van der Waals surface area (Å²) in [6, 6.07) is 1.25. The van der Waals surface area contributed by atoms with Gasteiger partial charge in [0.1, 0.15) is 5.60 Å². The molecule has 2 aliphatic rings. The third-order valence-electron chi connectivity index (χ3n) is 4.65. The Hall–Kier alpha value is -0.810. The summed E-state index contributed by atoms with van der Waals surface area (Å²) in [6.45, 7) is 11.6. The standard InChI is InChI=1S/C18H35N3O2/c1-14(13-21-10-5-6-11-21)19-15-8-7-9-16(12-15)20-17(22)23-18(2,3)4/h14-16,19H,5-13H2,1-4H3,(H,20,22). The van der Waals surface area contributed by atoms with E-state index in [0.717, 1.165) is 25.8 Å². The number of likely N-dealkylation sites (tertiary alicyclic amines) is 1. The van der Waals surface area contributed by atoms with Gasteiger partial charge in [-0.25, -0.2) is 4.79 Å². The lowest BCUT2D eigenvalue weighted by molar-refractivity contribution is 0.0488. The maximum atomic E-state index is 11.9. The van der Waals surface area contributed by atoms with Crippen LogP contribution in [0.2, 0.25) is 0 Å². The predicted octanol–water partition coefficient (Wildman–Crippen LogP) is 2.90. The van der Waals surface area contributed by atoms with Crippen molar-refractivity contribution in [1.82, 2.24) is 15.5 Å². The zero-order valence-corrected chi connectivity index (χ0v) is 15.4. The van der Waals surface area contributed by atoms with E-state index in [1.165, 1.54) is 32.4 Å². The summed E-state index contributed by atoms with van der Waals surface area (Å²) in [5.74, 6) is 0. The molecule has 3 atom stereocenters. The van der Waals surface area contributed by atoms with Crippen molar-refractivity contribution in [3.63, 3.8) is 0 Å². The number of nitrogens with zero attached hydrogens (tertiary/aromatic N) is 1. The zero-order valence-electron chi connectivity index (χ0n) is 15.4. The summed E-state index contributed by atoms with van der Waals surface area (Å²) in [4.78, 5) is 14.5. The highest BCUT2D eigenvalue weighted by atomic mass is 16.6. The molecule has 0 aromatic heterocycles. The molecule has 1 aliphatic carbocycles. The molecule has 1 saturated carbocycles. The first kappa shape index (κ1) is 18.5. The van der Waals surface area contributed by atoms with Crippen LogP contribution in [-0.4, -0.2) is 54.4 Å². The average Bonchev–Trinajstić information content (AvgIpc) is 2.89. The molecule has 2 rings (SSSR count). The van der Waals surface area contributed by atoms with Crippen molar-refractivity contribution in [2.24, 2.45) is 0 Å². The average molecular weight is 325 g/mol. The van der Waals surface area contributed by atoms with E-state index in [9.17, 15) is 4.79 Å². The molecule has 2 N–H and O–H groups in total. The van der Waals surface area contributed by atoms with Gasteiger partial charge in [-0.2, -0.15) is 0 Å². The summed E-state index contributed by atoms with van der Waals surface area (Å²) >= 11 is 0. The third-order valence-corrected chi connectivity index (χ3v) is 4.65. The monoisotopic (exact) mass is 325 g/mol. The van der Waals surface area contributed by atoms with Crippen LogP contribution in [0, 0.1) is 0 Å². The smallest absolute Gasteiger partial charge is 0.407 e. The number of hydrogen-bond acceptors (Lipinski definition) is 4. The zero-order chi connectivity index (χ0) is 16.9. The molecular weight excluding hydrogens is 290 g/mol. The van der Waals surface area contributed by atoms with Crippen LogP contribution in [0.15, 0.2) is 0 Å².